The highest BCUT2D eigenvalue weighted by Crippen LogP contribution is 2.16. The van der Waals surface area contributed by atoms with E-state index >= 15 is 0 Å². The molecule has 3 nitrogen and oxygen atoms in total. The third-order valence-electron chi connectivity index (χ3n) is 4.16. The first kappa shape index (κ1) is 18.1. The number of amides is 1. The van der Waals surface area contributed by atoms with Gasteiger partial charge < -0.3 is 5.32 Å². The lowest BCUT2D eigenvalue weighted by Crippen LogP contribution is -2.40. The van der Waals surface area contributed by atoms with Crippen LogP contribution in [0.3, 0.4) is 0 Å². The molecule has 0 saturated heterocycles. The van der Waals surface area contributed by atoms with Crippen molar-refractivity contribution in [1.82, 2.24) is 4.90 Å². The summed E-state index contributed by atoms with van der Waals surface area (Å²) in [6.07, 6.45) is 0.716. The Kier molecular flexibility index (Phi) is 6.04. The number of anilines is 1. The van der Waals surface area contributed by atoms with Crippen LogP contribution in [-0.4, -0.2) is 30.4 Å². The van der Waals surface area contributed by atoms with Crippen molar-refractivity contribution >= 4 is 11.6 Å². The van der Waals surface area contributed by atoms with Crippen LogP contribution in [0.2, 0.25) is 0 Å². The fourth-order valence-corrected chi connectivity index (χ4v) is 2.32. The molecule has 0 radical (unpaired) electrons. The normalized spacial score (nSPS) is 12.2. The third-order valence-corrected chi connectivity index (χ3v) is 4.16. The highest BCUT2D eigenvalue weighted by Gasteiger charge is 2.18. The Morgan fingerprint density at radius 2 is 1.75 bits per heavy atom. The molecular weight excluding hydrogens is 310 g/mol. The Hall–Kier alpha value is -2.27. The second kappa shape index (κ2) is 8.02. The molecule has 0 bridgehead atoms. The molecule has 1 atom stereocenters. The van der Waals surface area contributed by atoms with E-state index < -0.39 is 0 Å². The van der Waals surface area contributed by atoms with Gasteiger partial charge in [0, 0.05) is 12.2 Å². The quantitative estimate of drug-likeness (QED) is 0.873. The molecule has 0 saturated carbocycles. The predicted molar refractivity (Wildman–Crippen MR) is 92.0 cm³/mol. The largest absolute Gasteiger partial charge is 0.324 e. The minimum absolute atomic E-state index is 0.190. The van der Waals surface area contributed by atoms with Crippen molar-refractivity contribution in [2.24, 2.45) is 0 Å². The minimum Gasteiger partial charge on any atom is -0.324 e. The summed E-state index contributed by atoms with van der Waals surface area (Å²) in [4.78, 5) is 14.3. The Bertz CT molecular complexity index is 701. The standard InChI is InChI=1S/C19H22F2N2O/c1-13-4-7-17(21)12-18(13)22-19(24)14(2)23(3)11-10-15-5-8-16(20)9-6-15/h4-9,12,14H,10-11H2,1-3H3,(H,22,24). The number of likely N-dealkylation sites (N-methyl/N-ethyl adjacent to an activating group) is 1. The molecule has 0 aromatic heterocycles. The SMILES string of the molecule is Cc1ccc(F)cc1NC(=O)C(C)N(C)CCc1ccc(F)cc1. The van der Waals surface area contributed by atoms with E-state index in [1.165, 1.54) is 24.3 Å². The van der Waals surface area contributed by atoms with E-state index in [-0.39, 0.29) is 23.6 Å². The van der Waals surface area contributed by atoms with Crippen LogP contribution in [-0.2, 0) is 11.2 Å². The zero-order valence-corrected chi connectivity index (χ0v) is 14.1. The Morgan fingerprint density at radius 3 is 2.42 bits per heavy atom. The molecule has 5 heteroatoms. The van der Waals surface area contributed by atoms with E-state index in [9.17, 15) is 13.6 Å². The molecule has 128 valence electrons. The molecular formula is C19H22F2N2O. The van der Waals surface area contributed by atoms with E-state index in [0.29, 0.717) is 18.7 Å². The molecule has 2 rings (SSSR count). The number of halogens is 2. The molecule has 1 N–H and O–H groups in total. The summed E-state index contributed by atoms with van der Waals surface area (Å²) in [5.74, 6) is -0.830. The smallest absolute Gasteiger partial charge is 0.241 e. The maximum absolute atomic E-state index is 13.3. The van der Waals surface area contributed by atoms with Gasteiger partial charge in [-0.15, -0.1) is 0 Å². The molecule has 0 aliphatic heterocycles. The summed E-state index contributed by atoms with van der Waals surface area (Å²) in [5, 5.41) is 2.77. The van der Waals surface area contributed by atoms with Gasteiger partial charge in [0.1, 0.15) is 11.6 Å². The summed E-state index contributed by atoms with van der Waals surface area (Å²) < 4.78 is 26.2. The van der Waals surface area contributed by atoms with E-state index in [2.05, 4.69) is 5.32 Å². The number of nitrogens with zero attached hydrogens (tertiary/aromatic N) is 1. The number of hydrogen-bond acceptors (Lipinski definition) is 2. The van der Waals surface area contributed by atoms with Crippen LogP contribution < -0.4 is 5.32 Å². The fraction of sp³-hybridized carbons (Fsp3) is 0.316. The predicted octanol–water partition coefficient (Wildman–Crippen LogP) is 3.77. The number of hydrogen-bond donors (Lipinski definition) is 1. The van der Waals surface area contributed by atoms with Crippen LogP contribution in [0.5, 0.6) is 0 Å². The number of benzene rings is 2. The highest BCUT2D eigenvalue weighted by molar-refractivity contribution is 5.95. The summed E-state index contributed by atoms with van der Waals surface area (Å²) in [5.41, 5.74) is 2.31. The van der Waals surface area contributed by atoms with Gasteiger partial charge in [0.05, 0.1) is 6.04 Å². The second-order valence-electron chi connectivity index (χ2n) is 5.98. The van der Waals surface area contributed by atoms with Crippen molar-refractivity contribution in [2.75, 3.05) is 18.9 Å². The minimum atomic E-state index is -0.381. The zero-order valence-electron chi connectivity index (χ0n) is 14.1. The molecule has 1 unspecified atom stereocenters. The third kappa shape index (κ3) is 4.86. The van der Waals surface area contributed by atoms with Crippen molar-refractivity contribution in [3.05, 3.63) is 65.2 Å². The summed E-state index contributed by atoms with van der Waals surface area (Å²) in [6, 6.07) is 10.3. The molecule has 24 heavy (non-hydrogen) atoms. The summed E-state index contributed by atoms with van der Waals surface area (Å²) >= 11 is 0. The average Bonchev–Trinajstić information content (AvgIpc) is 2.56. The first-order valence-corrected chi connectivity index (χ1v) is 7.88. The summed E-state index contributed by atoms with van der Waals surface area (Å²) in [7, 11) is 1.85. The van der Waals surface area contributed by atoms with Gasteiger partial charge in [-0.2, -0.15) is 0 Å². The van der Waals surface area contributed by atoms with Gasteiger partial charge in [-0.1, -0.05) is 18.2 Å². The van der Waals surface area contributed by atoms with Crippen LogP contribution >= 0.6 is 0 Å². The van der Waals surface area contributed by atoms with Gasteiger partial charge in [0.2, 0.25) is 5.91 Å². The van der Waals surface area contributed by atoms with E-state index in [1.807, 2.05) is 18.9 Å². The van der Waals surface area contributed by atoms with Crippen molar-refractivity contribution < 1.29 is 13.6 Å². The van der Waals surface area contributed by atoms with Crippen LogP contribution in [0.25, 0.3) is 0 Å². The molecule has 0 aliphatic rings. The van der Waals surface area contributed by atoms with Crippen molar-refractivity contribution in [3.63, 3.8) is 0 Å². The van der Waals surface area contributed by atoms with E-state index in [0.717, 1.165) is 11.1 Å². The second-order valence-corrected chi connectivity index (χ2v) is 5.98. The van der Waals surface area contributed by atoms with Gasteiger partial charge in [-0.25, -0.2) is 8.78 Å². The van der Waals surface area contributed by atoms with Crippen molar-refractivity contribution in [1.29, 1.82) is 0 Å². The lowest BCUT2D eigenvalue weighted by molar-refractivity contribution is -0.120. The Morgan fingerprint density at radius 1 is 1.12 bits per heavy atom. The number of carbonyl (C=O) groups is 1. The number of nitrogens with one attached hydrogen (secondary N) is 1. The molecule has 0 fully saturated rings. The molecule has 0 spiro atoms. The van der Waals surface area contributed by atoms with Crippen molar-refractivity contribution in [2.45, 2.75) is 26.3 Å². The van der Waals surface area contributed by atoms with E-state index in [4.69, 9.17) is 0 Å². The molecule has 2 aromatic carbocycles. The number of aryl methyl sites for hydroxylation is 1. The lowest BCUT2D eigenvalue weighted by Gasteiger charge is -2.24. The van der Waals surface area contributed by atoms with Crippen LogP contribution in [0.1, 0.15) is 18.1 Å². The van der Waals surface area contributed by atoms with E-state index in [1.54, 1.807) is 25.1 Å². The van der Waals surface area contributed by atoms with Gasteiger partial charge >= 0.3 is 0 Å². The lowest BCUT2D eigenvalue weighted by atomic mass is 10.1. The molecule has 0 aliphatic carbocycles. The number of carbonyl (C=O) groups excluding carboxylic acids is 1. The van der Waals surface area contributed by atoms with Gasteiger partial charge in [-0.05, 0) is 62.7 Å². The van der Waals surface area contributed by atoms with Gasteiger partial charge in [0.25, 0.3) is 0 Å². The van der Waals surface area contributed by atoms with Gasteiger partial charge in [-0.3, -0.25) is 9.69 Å². The van der Waals surface area contributed by atoms with Crippen LogP contribution in [0.15, 0.2) is 42.5 Å². The van der Waals surface area contributed by atoms with Crippen LogP contribution in [0.4, 0.5) is 14.5 Å². The number of rotatable bonds is 6. The Balaban J connectivity index is 1.91. The summed E-state index contributed by atoms with van der Waals surface area (Å²) in [6.45, 7) is 4.27. The first-order valence-electron chi connectivity index (χ1n) is 7.88. The fourth-order valence-electron chi connectivity index (χ4n) is 2.32. The van der Waals surface area contributed by atoms with Crippen LogP contribution in [0, 0.1) is 18.6 Å². The Labute approximate surface area is 141 Å². The first-order chi connectivity index (χ1) is 11.4. The van der Waals surface area contributed by atoms with Crippen molar-refractivity contribution in [3.8, 4) is 0 Å². The monoisotopic (exact) mass is 332 g/mol. The zero-order chi connectivity index (χ0) is 17.7. The molecule has 1 amide bonds. The highest BCUT2D eigenvalue weighted by atomic mass is 19.1. The topological polar surface area (TPSA) is 32.3 Å². The maximum atomic E-state index is 13.3. The molecule has 0 heterocycles. The van der Waals surface area contributed by atoms with Gasteiger partial charge in [0.15, 0.2) is 0 Å². The molecule has 2 aromatic rings. The maximum Gasteiger partial charge on any atom is 0.241 e. The average molecular weight is 332 g/mol.